The fourth-order valence-corrected chi connectivity index (χ4v) is 5.08. The van der Waals surface area contributed by atoms with Gasteiger partial charge in [-0.05, 0) is 38.3 Å². The van der Waals surface area contributed by atoms with Crippen molar-refractivity contribution in [2.24, 2.45) is 5.41 Å². The third kappa shape index (κ3) is 3.93. The molecule has 1 aliphatic carbocycles. The molecular weight excluding hydrogens is 386 g/mol. The van der Waals surface area contributed by atoms with E-state index in [1.165, 1.54) is 0 Å². The van der Waals surface area contributed by atoms with Gasteiger partial charge in [-0.15, -0.1) is 0 Å². The number of anilines is 1. The summed E-state index contributed by atoms with van der Waals surface area (Å²) in [6, 6.07) is 1.81. The summed E-state index contributed by atoms with van der Waals surface area (Å²) in [5.74, 6) is -0.316. The molecule has 2 saturated heterocycles. The van der Waals surface area contributed by atoms with Crippen LogP contribution in [0.4, 0.5) is 5.95 Å². The molecule has 4 rings (SSSR count). The van der Waals surface area contributed by atoms with Crippen molar-refractivity contribution >= 4 is 17.8 Å². The summed E-state index contributed by atoms with van der Waals surface area (Å²) in [4.78, 5) is 39.4. The third-order valence-corrected chi connectivity index (χ3v) is 6.94. The van der Waals surface area contributed by atoms with Gasteiger partial charge in [-0.3, -0.25) is 19.4 Å². The average Bonchev–Trinajstić information content (AvgIpc) is 3.28. The van der Waals surface area contributed by atoms with Crippen molar-refractivity contribution in [3.05, 3.63) is 18.5 Å². The van der Waals surface area contributed by atoms with Crippen LogP contribution >= 0.6 is 0 Å². The van der Waals surface area contributed by atoms with Crippen LogP contribution in [0.25, 0.3) is 0 Å². The quantitative estimate of drug-likeness (QED) is 0.493. The maximum atomic E-state index is 12.6. The summed E-state index contributed by atoms with van der Waals surface area (Å²) in [5, 5.41) is 21.1. The number of imide groups is 1. The number of piperidine rings is 1. The highest BCUT2D eigenvalue weighted by atomic mass is 16.3. The molecule has 2 N–H and O–H groups in total. The van der Waals surface area contributed by atoms with E-state index in [1.54, 1.807) is 12.4 Å². The van der Waals surface area contributed by atoms with Crippen LogP contribution in [0.2, 0.25) is 0 Å². The van der Waals surface area contributed by atoms with Crippen molar-refractivity contribution in [3.63, 3.8) is 0 Å². The Morgan fingerprint density at radius 2 is 1.47 bits per heavy atom. The van der Waals surface area contributed by atoms with Crippen LogP contribution < -0.4 is 4.90 Å². The Kier molecular flexibility index (Phi) is 6.31. The summed E-state index contributed by atoms with van der Waals surface area (Å²) in [5.41, 5.74) is -0.965. The highest BCUT2D eigenvalue weighted by molar-refractivity contribution is 6.03. The molecular formula is C21H31N5O4. The molecule has 0 unspecified atom stereocenters. The smallest absolute Gasteiger partial charge is 0.258 e. The zero-order valence-corrected chi connectivity index (χ0v) is 17.3. The molecule has 3 heterocycles. The SMILES string of the molecule is O=C1[C@@H](O)C2(CCCC2)[C@@H](O)C(=O)N1CCCCN1CCN(c2ncccn2)CC1. The number of carbonyl (C=O) groups is 2. The Morgan fingerprint density at radius 1 is 0.900 bits per heavy atom. The third-order valence-electron chi connectivity index (χ3n) is 6.94. The van der Waals surface area contributed by atoms with Crippen LogP contribution in [0, 0.1) is 5.41 Å². The fraction of sp³-hybridized carbons (Fsp3) is 0.714. The number of nitrogens with zero attached hydrogens (tertiary/aromatic N) is 5. The van der Waals surface area contributed by atoms with Gasteiger partial charge < -0.3 is 15.1 Å². The largest absolute Gasteiger partial charge is 0.383 e. The van der Waals surface area contributed by atoms with Gasteiger partial charge in [0.1, 0.15) is 12.2 Å². The standard InChI is InChI=1S/C21H31N5O4/c27-16-18(29)26(19(30)17(28)21(16)6-1-2-7-21)11-4-3-10-24-12-14-25(15-13-24)20-22-8-5-9-23-20/h5,8-9,16-17,27-28H,1-4,6-7,10-15H2/t16-,17+. The second-order valence-electron chi connectivity index (χ2n) is 8.66. The first-order valence-electron chi connectivity index (χ1n) is 11.0. The number of aliphatic hydroxyl groups is 2. The van der Waals surface area contributed by atoms with Crippen molar-refractivity contribution in [1.29, 1.82) is 0 Å². The van der Waals surface area contributed by atoms with E-state index in [0.717, 1.165) is 62.8 Å². The van der Waals surface area contributed by atoms with Crippen LogP contribution in [0.5, 0.6) is 0 Å². The summed E-state index contributed by atoms with van der Waals surface area (Å²) in [6.45, 7) is 4.70. The summed E-state index contributed by atoms with van der Waals surface area (Å²) >= 11 is 0. The van der Waals surface area contributed by atoms with Crippen molar-refractivity contribution in [2.75, 3.05) is 44.2 Å². The number of aliphatic hydroxyl groups excluding tert-OH is 2. The number of unbranched alkanes of at least 4 members (excludes halogenated alkanes) is 1. The van der Waals surface area contributed by atoms with Crippen molar-refractivity contribution in [2.45, 2.75) is 50.7 Å². The van der Waals surface area contributed by atoms with E-state index in [9.17, 15) is 19.8 Å². The summed E-state index contributed by atoms with van der Waals surface area (Å²) in [7, 11) is 0. The second-order valence-corrected chi connectivity index (χ2v) is 8.66. The maximum Gasteiger partial charge on any atom is 0.258 e. The second kappa shape index (κ2) is 8.95. The highest BCUT2D eigenvalue weighted by Gasteiger charge is 2.58. The fourth-order valence-electron chi connectivity index (χ4n) is 5.08. The lowest BCUT2D eigenvalue weighted by molar-refractivity contribution is -0.183. The normalized spacial score (nSPS) is 27.3. The van der Waals surface area contributed by atoms with Gasteiger partial charge in [0.15, 0.2) is 0 Å². The number of hydrogen-bond acceptors (Lipinski definition) is 8. The Bertz CT molecular complexity index is 723. The highest BCUT2D eigenvalue weighted by Crippen LogP contribution is 2.47. The first kappa shape index (κ1) is 21.1. The number of rotatable bonds is 6. The minimum absolute atomic E-state index is 0.250. The molecule has 0 radical (unpaired) electrons. The van der Waals surface area contributed by atoms with Gasteiger partial charge in [0.05, 0.1) is 0 Å². The van der Waals surface area contributed by atoms with E-state index in [0.29, 0.717) is 19.3 Å². The van der Waals surface area contributed by atoms with Crippen LogP contribution in [0.1, 0.15) is 38.5 Å². The van der Waals surface area contributed by atoms with Gasteiger partial charge in [-0.1, -0.05) is 12.8 Å². The van der Waals surface area contributed by atoms with E-state index >= 15 is 0 Å². The topological polar surface area (TPSA) is 110 Å². The lowest BCUT2D eigenvalue weighted by Gasteiger charge is -2.44. The molecule has 1 aromatic rings. The summed E-state index contributed by atoms with van der Waals surface area (Å²) in [6.07, 6.45) is 5.17. The molecule has 30 heavy (non-hydrogen) atoms. The number of piperazine rings is 1. The minimum Gasteiger partial charge on any atom is -0.383 e. The Labute approximate surface area is 176 Å². The molecule has 9 heteroatoms. The van der Waals surface area contributed by atoms with Crippen LogP contribution in [-0.4, -0.2) is 93.3 Å². The molecule has 2 aliphatic heterocycles. The van der Waals surface area contributed by atoms with Gasteiger partial charge in [0.25, 0.3) is 11.8 Å². The Hall–Kier alpha value is -2.10. The lowest BCUT2D eigenvalue weighted by atomic mass is 9.71. The van der Waals surface area contributed by atoms with Gasteiger partial charge in [0.2, 0.25) is 5.95 Å². The van der Waals surface area contributed by atoms with Gasteiger partial charge in [-0.2, -0.15) is 0 Å². The predicted octanol–water partition coefficient (Wildman–Crippen LogP) is 0.0298. The molecule has 0 bridgehead atoms. The molecule has 2 amide bonds. The van der Waals surface area contributed by atoms with Crippen LogP contribution in [-0.2, 0) is 9.59 Å². The number of hydrogen-bond donors (Lipinski definition) is 2. The monoisotopic (exact) mass is 417 g/mol. The van der Waals surface area contributed by atoms with Crippen LogP contribution in [0.15, 0.2) is 18.5 Å². The first-order chi connectivity index (χ1) is 14.5. The zero-order chi connectivity index (χ0) is 21.1. The van der Waals surface area contributed by atoms with Gasteiger partial charge in [0, 0.05) is 50.5 Å². The number of likely N-dealkylation sites (tertiary alicyclic amines) is 1. The molecule has 1 aromatic heterocycles. The molecule has 164 valence electrons. The van der Waals surface area contributed by atoms with Gasteiger partial charge in [-0.25, -0.2) is 9.97 Å². The first-order valence-corrected chi connectivity index (χ1v) is 11.0. The number of amides is 2. The molecule has 1 spiro atoms. The molecule has 9 nitrogen and oxygen atoms in total. The van der Waals surface area contributed by atoms with E-state index in [1.807, 2.05) is 6.07 Å². The molecule has 0 aromatic carbocycles. The summed E-state index contributed by atoms with van der Waals surface area (Å²) < 4.78 is 0. The Morgan fingerprint density at radius 3 is 2.07 bits per heavy atom. The van der Waals surface area contributed by atoms with E-state index in [4.69, 9.17) is 0 Å². The number of aromatic nitrogens is 2. The molecule has 3 aliphatic rings. The van der Waals surface area contributed by atoms with Crippen molar-refractivity contribution in [1.82, 2.24) is 19.8 Å². The van der Waals surface area contributed by atoms with Crippen molar-refractivity contribution in [3.8, 4) is 0 Å². The van der Waals surface area contributed by atoms with Crippen LogP contribution in [0.3, 0.4) is 0 Å². The average molecular weight is 418 g/mol. The predicted molar refractivity (Wildman–Crippen MR) is 110 cm³/mol. The van der Waals surface area contributed by atoms with Gasteiger partial charge >= 0.3 is 0 Å². The minimum atomic E-state index is -1.28. The molecule has 1 saturated carbocycles. The zero-order valence-electron chi connectivity index (χ0n) is 17.3. The molecule has 3 fully saturated rings. The Balaban J connectivity index is 1.21. The maximum absolute atomic E-state index is 12.6. The van der Waals surface area contributed by atoms with Crippen molar-refractivity contribution < 1.29 is 19.8 Å². The molecule has 2 atom stereocenters. The number of carbonyl (C=O) groups excluding carboxylic acids is 2. The van der Waals surface area contributed by atoms with E-state index in [2.05, 4.69) is 19.8 Å². The van der Waals surface area contributed by atoms with E-state index < -0.39 is 29.4 Å². The lowest BCUT2D eigenvalue weighted by Crippen LogP contribution is -2.64. The van der Waals surface area contributed by atoms with E-state index in [-0.39, 0.29) is 6.54 Å².